The SMILES string of the molecule is [CH3][Ge]([CH3])([Cl])/[CH]=[C](/c1ccccc1)[Ge]([CH3])([CH3])[Cl]. The summed E-state index contributed by atoms with van der Waals surface area (Å²) >= 11 is -4.58. The first-order chi connectivity index (χ1) is 7.20. The van der Waals surface area contributed by atoms with Crippen LogP contribution in [0, 0.1) is 0 Å². The van der Waals surface area contributed by atoms with Crippen LogP contribution in [0.1, 0.15) is 5.56 Å². The fraction of sp³-hybridized carbons (Fsp3) is 0.333. The topological polar surface area (TPSA) is 0 Å². The Balaban J connectivity index is 3.24. The number of benzene rings is 1. The Kier molecular flexibility index (Phi) is 5.06. The molecule has 1 aromatic rings. The van der Waals surface area contributed by atoms with Crippen molar-refractivity contribution in [1.29, 1.82) is 0 Å². The van der Waals surface area contributed by atoms with Gasteiger partial charge in [0.15, 0.2) is 0 Å². The summed E-state index contributed by atoms with van der Waals surface area (Å²) in [6.45, 7) is 0. The third-order valence-corrected chi connectivity index (χ3v) is 10.8. The van der Waals surface area contributed by atoms with E-state index in [4.69, 9.17) is 20.0 Å². The molecule has 0 saturated carbocycles. The Labute approximate surface area is 112 Å². The van der Waals surface area contributed by atoms with Gasteiger partial charge in [-0.25, -0.2) is 0 Å². The molecular formula is C12H18Cl2Ge2. The molecule has 0 heterocycles. The Bertz CT molecular complexity index is 372. The van der Waals surface area contributed by atoms with E-state index < -0.39 is 24.7 Å². The van der Waals surface area contributed by atoms with Gasteiger partial charge in [-0.2, -0.15) is 0 Å². The number of hydrogen-bond acceptors (Lipinski definition) is 0. The van der Waals surface area contributed by atoms with E-state index in [0.717, 1.165) is 0 Å². The van der Waals surface area contributed by atoms with Crippen LogP contribution < -0.4 is 0 Å². The van der Waals surface area contributed by atoms with E-state index in [9.17, 15) is 0 Å². The molecule has 0 spiro atoms. The van der Waals surface area contributed by atoms with Crippen LogP contribution in [0.2, 0.25) is 23.0 Å². The summed E-state index contributed by atoms with van der Waals surface area (Å²) in [5.74, 6) is 8.75. The molecule has 0 bridgehead atoms. The van der Waals surface area contributed by atoms with Crippen molar-refractivity contribution in [3.8, 4) is 0 Å². The Morgan fingerprint density at radius 3 is 1.88 bits per heavy atom. The van der Waals surface area contributed by atoms with Crippen molar-refractivity contribution in [1.82, 2.24) is 0 Å². The molecular weight excluding hydrogens is 360 g/mol. The summed E-state index contributed by atoms with van der Waals surface area (Å²) in [6, 6.07) is 10.4. The molecule has 0 aliphatic carbocycles. The molecule has 0 saturated heterocycles. The van der Waals surface area contributed by atoms with Gasteiger partial charge < -0.3 is 0 Å². The molecule has 0 nitrogen and oxygen atoms in total. The van der Waals surface area contributed by atoms with Crippen molar-refractivity contribution in [3.05, 3.63) is 40.8 Å². The predicted octanol–water partition coefficient (Wildman–Crippen LogP) is 5.04. The molecule has 0 unspecified atom stereocenters. The van der Waals surface area contributed by atoms with Crippen LogP contribution in [-0.2, 0) is 0 Å². The van der Waals surface area contributed by atoms with Gasteiger partial charge in [-0.15, -0.1) is 0 Å². The summed E-state index contributed by atoms with van der Waals surface area (Å²) < 4.78 is 1.34. The van der Waals surface area contributed by atoms with Gasteiger partial charge in [0.2, 0.25) is 0 Å². The van der Waals surface area contributed by atoms with Gasteiger partial charge in [0.25, 0.3) is 0 Å². The second kappa shape index (κ2) is 5.51. The first-order valence-corrected chi connectivity index (χ1v) is 21.5. The first kappa shape index (κ1) is 14.7. The van der Waals surface area contributed by atoms with Gasteiger partial charge in [-0.05, 0) is 0 Å². The zero-order valence-corrected chi connectivity index (χ0v) is 15.9. The second-order valence-corrected chi connectivity index (χ2v) is 29.4. The molecule has 0 fully saturated rings. The van der Waals surface area contributed by atoms with Gasteiger partial charge in [0.1, 0.15) is 0 Å². The summed E-state index contributed by atoms with van der Waals surface area (Å²) in [4.78, 5) is 2.30. The minimum atomic E-state index is -2.35. The van der Waals surface area contributed by atoms with E-state index in [-0.39, 0.29) is 0 Å². The maximum absolute atomic E-state index is 6.63. The number of rotatable bonds is 3. The Morgan fingerprint density at radius 2 is 1.50 bits per heavy atom. The van der Waals surface area contributed by atoms with Crippen molar-refractivity contribution in [3.63, 3.8) is 0 Å². The van der Waals surface area contributed by atoms with Gasteiger partial charge in [0.05, 0.1) is 0 Å². The molecule has 0 N–H and O–H groups in total. The van der Waals surface area contributed by atoms with Gasteiger partial charge >= 0.3 is 113 Å². The van der Waals surface area contributed by atoms with Crippen molar-refractivity contribution in [2.45, 2.75) is 23.0 Å². The van der Waals surface area contributed by atoms with Crippen LogP contribution in [0.4, 0.5) is 0 Å². The van der Waals surface area contributed by atoms with Crippen LogP contribution >= 0.6 is 20.0 Å². The van der Waals surface area contributed by atoms with E-state index in [0.29, 0.717) is 0 Å². The fourth-order valence-electron chi connectivity index (χ4n) is 1.56. The molecule has 16 heavy (non-hydrogen) atoms. The minimum absolute atomic E-state index is 1.25. The van der Waals surface area contributed by atoms with Crippen LogP contribution in [0.5, 0.6) is 0 Å². The molecule has 0 atom stereocenters. The number of halogens is 2. The molecule has 0 aliphatic heterocycles. The standard InChI is InChI=1S/C12H18Cl2Ge2/c1-15(2,13)10-12(16(3,4)14)11-8-6-5-7-9-11/h5-10H,1-4H3/b12-10-. The molecule has 4 heteroatoms. The van der Waals surface area contributed by atoms with E-state index in [1.807, 2.05) is 6.07 Å². The number of hydrogen-bond donors (Lipinski definition) is 0. The molecule has 0 aromatic heterocycles. The average Bonchev–Trinajstić information content (AvgIpc) is 2.13. The van der Waals surface area contributed by atoms with E-state index >= 15 is 0 Å². The zero-order valence-electron chi connectivity index (χ0n) is 10.2. The van der Waals surface area contributed by atoms with Crippen molar-refractivity contribution < 1.29 is 0 Å². The zero-order chi connectivity index (χ0) is 12.4. The van der Waals surface area contributed by atoms with Crippen LogP contribution in [0.3, 0.4) is 0 Å². The van der Waals surface area contributed by atoms with Crippen LogP contribution in [-0.4, -0.2) is 24.7 Å². The van der Waals surface area contributed by atoms with E-state index in [2.05, 4.69) is 52.2 Å². The second-order valence-electron chi connectivity index (χ2n) is 4.96. The summed E-state index contributed by atoms with van der Waals surface area (Å²) in [6.07, 6.45) is 0. The molecule has 1 rings (SSSR count). The molecule has 88 valence electrons. The van der Waals surface area contributed by atoms with E-state index in [1.165, 1.54) is 9.97 Å². The van der Waals surface area contributed by atoms with Crippen molar-refractivity contribution in [2.24, 2.45) is 0 Å². The predicted molar refractivity (Wildman–Crippen MR) is 81.1 cm³/mol. The average molecular weight is 378 g/mol. The molecule has 0 aliphatic rings. The monoisotopic (exact) mass is 380 g/mol. The van der Waals surface area contributed by atoms with Crippen LogP contribution in [0.25, 0.3) is 4.41 Å². The Hall–Kier alpha value is 0.626. The maximum atomic E-state index is 6.63. The molecule has 1 aromatic carbocycles. The third kappa shape index (κ3) is 4.86. The normalized spacial score (nSPS) is 14.0. The summed E-state index contributed by atoms with van der Waals surface area (Å²) in [5, 5.41) is 0. The summed E-state index contributed by atoms with van der Waals surface area (Å²) in [7, 11) is 13.1. The molecule has 0 radical (unpaired) electrons. The van der Waals surface area contributed by atoms with Crippen LogP contribution in [0.15, 0.2) is 35.2 Å². The van der Waals surface area contributed by atoms with Gasteiger partial charge in [-0.1, -0.05) is 0 Å². The first-order valence-electron chi connectivity index (χ1n) is 5.37. The quantitative estimate of drug-likeness (QED) is 0.647. The molecule has 0 amide bonds. The fourth-order valence-corrected chi connectivity index (χ4v) is 17.1. The van der Waals surface area contributed by atoms with Crippen molar-refractivity contribution >= 4 is 49.1 Å². The van der Waals surface area contributed by atoms with E-state index in [1.54, 1.807) is 0 Å². The van der Waals surface area contributed by atoms with Gasteiger partial charge in [-0.3, -0.25) is 0 Å². The van der Waals surface area contributed by atoms with Crippen molar-refractivity contribution in [2.75, 3.05) is 0 Å². The Morgan fingerprint density at radius 1 is 1.00 bits per heavy atom. The summed E-state index contributed by atoms with van der Waals surface area (Å²) in [5.41, 5.74) is 1.25. The van der Waals surface area contributed by atoms with Gasteiger partial charge in [0, 0.05) is 0 Å². The third-order valence-electron chi connectivity index (χ3n) is 2.21.